The molecule has 2 aromatic rings. The molecule has 0 fully saturated rings. The predicted molar refractivity (Wildman–Crippen MR) is 94.7 cm³/mol. The van der Waals surface area contributed by atoms with Crippen LogP contribution in [-0.4, -0.2) is 31.1 Å². The Labute approximate surface area is 158 Å². The summed E-state index contributed by atoms with van der Waals surface area (Å²) in [5.74, 6) is -0.972. The molecule has 0 aliphatic heterocycles. The van der Waals surface area contributed by atoms with Gasteiger partial charge in [-0.1, -0.05) is 18.2 Å². The Morgan fingerprint density at radius 2 is 1.82 bits per heavy atom. The van der Waals surface area contributed by atoms with E-state index in [9.17, 15) is 22.8 Å². The number of rotatable bonds is 7. The van der Waals surface area contributed by atoms with Crippen LogP contribution in [0.2, 0.25) is 0 Å². The van der Waals surface area contributed by atoms with E-state index in [1.165, 1.54) is 18.2 Å². The van der Waals surface area contributed by atoms with Gasteiger partial charge in [-0.05, 0) is 30.3 Å². The lowest BCUT2D eigenvalue weighted by Gasteiger charge is -2.12. The van der Waals surface area contributed by atoms with E-state index in [0.29, 0.717) is 5.56 Å². The molecule has 9 heteroatoms. The molecule has 2 aromatic carbocycles. The lowest BCUT2D eigenvalue weighted by atomic mass is 10.2. The number of carbonyl (C=O) groups is 2. The highest BCUT2D eigenvalue weighted by atomic mass is 19.4. The fraction of sp³-hybridized carbons (Fsp3) is 0.211. The molecule has 0 aliphatic rings. The smallest absolute Gasteiger partial charge is 0.422 e. The second-order valence-electron chi connectivity index (χ2n) is 5.65. The van der Waals surface area contributed by atoms with Crippen molar-refractivity contribution in [2.45, 2.75) is 12.6 Å². The number of nitriles is 1. The Bertz CT molecular complexity index is 877. The van der Waals surface area contributed by atoms with Gasteiger partial charge in [0, 0.05) is 24.2 Å². The summed E-state index contributed by atoms with van der Waals surface area (Å²) >= 11 is 0. The van der Waals surface area contributed by atoms with E-state index >= 15 is 0 Å². The largest absolute Gasteiger partial charge is 0.483 e. The fourth-order valence-corrected chi connectivity index (χ4v) is 2.19. The van der Waals surface area contributed by atoms with Gasteiger partial charge in [0.15, 0.2) is 6.61 Å². The van der Waals surface area contributed by atoms with Crippen molar-refractivity contribution < 1.29 is 27.5 Å². The maximum Gasteiger partial charge on any atom is 0.422 e. The van der Waals surface area contributed by atoms with E-state index in [1.54, 1.807) is 36.4 Å². The summed E-state index contributed by atoms with van der Waals surface area (Å²) in [6.45, 7) is -1.42. The van der Waals surface area contributed by atoms with Crippen LogP contribution >= 0.6 is 0 Å². The molecular weight excluding hydrogens is 375 g/mol. The standard InChI is InChI=1S/C19H16F3N3O3/c20-19(21,22)12-28-16-7-6-15(10-14(16)11-23)25-17(26)8-9-24-18(27)13-4-2-1-3-5-13/h1-7,10H,8-9,12H2,(H,24,27)(H,25,26). The zero-order chi connectivity index (χ0) is 20.6. The van der Waals surface area contributed by atoms with Crippen LogP contribution in [0.25, 0.3) is 0 Å². The highest BCUT2D eigenvalue weighted by Crippen LogP contribution is 2.24. The summed E-state index contributed by atoms with van der Waals surface area (Å²) in [4.78, 5) is 23.8. The van der Waals surface area contributed by atoms with E-state index in [4.69, 9.17) is 5.26 Å². The van der Waals surface area contributed by atoms with Crippen LogP contribution in [0.5, 0.6) is 5.75 Å². The minimum absolute atomic E-state index is 0.0210. The molecule has 0 saturated carbocycles. The molecule has 28 heavy (non-hydrogen) atoms. The van der Waals surface area contributed by atoms with Crippen LogP contribution in [0.4, 0.5) is 18.9 Å². The Kier molecular flexibility index (Phi) is 6.98. The van der Waals surface area contributed by atoms with Gasteiger partial charge < -0.3 is 15.4 Å². The van der Waals surface area contributed by atoms with E-state index in [0.717, 1.165) is 0 Å². The number of alkyl halides is 3. The van der Waals surface area contributed by atoms with Crippen molar-refractivity contribution in [3.8, 4) is 11.8 Å². The minimum Gasteiger partial charge on any atom is -0.483 e. The van der Waals surface area contributed by atoms with Crippen molar-refractivity contribution in [3.63, 3.8) is 0 Å². The number of carbonyl (C=O) groups excluding carboxylic acids is 2. The normalized spacial score (nSPS) is 10.6. The van der Waals surface area contributed by atoms with Crippen molar-refractivity contribution in [2.75, 3.05) is 18.5 Å². The molecule has 0 unspecified atom stereocenters. The quantitative estimate of drug-likeness (QED) is 0.758. The van der Waals surface area contributed by atoms with Crippen LogP contribution in [0.1, 0.15) is 22.3 Å². The molecule has 2 N–H and O–H groups in total. The number of halogens is 3. The Hall–Kier alpha value is -3.54. The van der Waals surface area contributed by atoms with Gasteiger partial charge in [-0.2, -0.15) is 18.4 Å². The fourth-order valence-electron chi connectivity index (χ4n) is 2.19. The van der Waals surface area contributed by atoms with Crippen molar-refractivity contribution in [2.24, 2.45) is 0 Å². The molecule has 0 aromatic heterocycles. The van der Waals surface area contributed by atoms with Gasteiger partial charge in [0.1, 0.15) is 11.8 Å². The van der Waals surface area contributed by atoms with Gasteiger partial charge in [0.25, 0.3) is 5.91 Å². The molecular formula is C19H16F3N3O3. The second-order valence-corrected chi connectivity index (χ2v) is 5.65. The number of ether oxygens (including phenoxy) is 1. The Morgan fingerprint density at radius 1 is 1.11 bits per heavy atom. The predicted octanol–water partition coefficient (Wildman–Crippen LogP) is 3.26. The van der Waals surface area contributed by atoms with Crippen LogP contribution in [0.15, 0.2) is 48.5 Å². The topological polar surface area (TPSA) is 91.2 Å². The van der Waals surface area contributed by atoms with Gasteiger partial charge in [-0.15, -0.1) is 0 Å². The first-order valence-electron chi connectivity index (χ1n) is 8.15. The van der Waals surface area contributed by atoms with E-state index < -0.39 is 18.7 Å². The number of hydrogen-bond acceptors (Lipinski definition) is 4. The van der Waals surface area contributed by atoms with Crippen molar-refractivity contribution >= 4 is 17.5 Å². The summed E-state index contributed by atoms with van der Waals surface area (Å²) in [6, 6.07) is 13.9. The van der Waals surface area contributed by atoms with E-state index in [1.807, 2.05) is 0 Å². The summed E-state index contributed by atoms with van der Waals surface area (Å²) in [7, 11) is 0. The Morgan fingerprint density at radius 3 is 2.46 bits per heavy atom. The van der Waals surface area contributed by atoms with Gasteiger partial charge in [0.05, 0.1) is 5.56 Å². The maximum absolute atomic E-state index is 12.2. The molecule has 0 aliphatic carbocycles. The summed E-state index contributed by atoms with van der Waals surface area (Å²) in [5.41, 5.74) is 0.561. The molecule has 2 rings (SSSR count). The van der Waals surface area contributed by atoms with Crippen LogP contribution < -0.4 is 15.4 Å². The number of nitrogens with zero attached hydrogens (tertiary/aromatic N) is 1. The lowest BCUT2D eigenvalue weighted by Crippen LogP contribution is -2.27. The molecule has 6 nitrogen and oxygen atoms in total. The van der Waals surface area contributed by atoms with Crippen LogP contribution in [-0.2, 0) is 4.79 Å². The monoisotopic (exact) mass is 391 g/mol. The zero-order valence-electron chi connectivity index (χ0n) is 14.5. The zero-order valence-corrected chi connectivity index (χ0v) is 14.5. The molecule has 2 amide bonds. The highest BCUT2D eigenvalue weighted by Gasteiger charge is 2.28. The average Bonchev–Trinajstić information content (AvgIpc) is 2.66. The van der Waals surface area contributed by atoms with Crippen molar-refractivity contribution in [1.82, 2.24) is 5.32 Å². The number of hydrogen-bond donors (Lipinski definition) is 2. The highest BCUT2D eigenvalue weighted by molar-refractivity contribution is 5.95. The third-order valence-corrected chi connectivity index (χ3v) is 3.45. The first-order chi connectivity index (χ1) is 13.3. The number of anilines is 1. The van der Waals surface area contributed by atoms with E-state index in [-0.39, 0.29) is 35.9 Å². The van der Waals surface area contributed by atoms with Crippen LogP contribution in [0.3, 0.4) is 0 Å². The first-order valence-corrected chi connectivity index (χ1v) is 8.15. The molecule has 0 heterocycles. The SMILES string of the molecule is N#Cc1cc(NC(=O)CCNC(=O)c2ccccc2)ccc1OCC(F)(F)F. The summed E-state index contributed by atoms with van der Waals surface area (Å²) in [5, 5.41) is 14.2. The molecule has 0 spiro atoms. The number of benzene rings is 2. The van der Waals surface area contributed by atoms with Crippen LogP contribution in [0, 0.1) is 11.3 Å². The van der Waals surface area contributed by atoms with Gasteiger partial charge in [-0.3, -0.25) is 9.59 Å². The lowest BCUT2D eigenvalue weighted by molar-refractivity contribution is -0.153. The number of amides is 2. The van der Waals surface area contributed by atoms with Gasteiger partial charge in [-0.25, -0.2) is 0 Å². The van der Waals surface area contributed by atoms with Gasteiger partial charge in [0.2, 0.25) is 5.91 Å². The van der Waals surface area contributed by atoms with Crippen molar-refractivity contribution in [1.29, 1.82) is 5.26 Å². The minimum atomic E-state index is -4.52. The summed E-state index contributed by atoms with van der Waals surface area (Å²) in [6.07, 6.45) is -4.55. The third kappa shape index (κ3) is 6.64. The maximum atomic E-state index is 12.2. The summed E-state index contributed by atoms with van der Waals surface area (Å²) < 4.78 is 41.2. The molecule has 146 valence electrons. The molecule has 0 saturated heterocycles. The Balaban J connectivity index is 1.86. The third-order valence-electron chi connectivity index (χ3n) is 3.45. The van der Waals surface area contributed by atoms with Crippen molar-refractivity contribution in [3.05, 3.63) is 59.7 Å². The molecule has 0 atom stereocenters. The average molecular weight is 391 g/mol. The molecule has 0 bridgehead atoms. The first kappa shape index (κ1) is 20.8. The second kappa shape index (κ2) is 9.41. The van der Waals surface area contributed by atoms with E-state index in [2.05, 4.69) is 15.4 Å². The van der Waals surface area contributed by atoms with Gasteiger partial charge >= 0.3 is 6.18 Å². The number of nitrogens with one attached hydrogen (secondary N) is 2. The molecule has 0 radical (unpaired) electrons.